The lowest BCUT2D eigenvalue weighted by Crippen LogP contribution is -2.18. The normalized spacial score (nSPS) is 13.0. The molecular formula is C46H78O4. The number of aliphatic carboxylic acids is 1. The largest absolute Gasteiger partial charge is 0.481 e. The summed E-state index contributed by atoms with van der Waals surface area (Å²) in [6.45, 7) is 4.40. The Hall–Kier alpha value is -2.62. The van der Waals surface area contributed by atoms with E-state index in [0.29, 0.717) is 6.42 Å². The van der Waals surface area contributed by atoms with Crippen LogP contribution < -0.4 is 0 Å². The Morgan fingerprint density at radius 2 is 0.860 bits per heavy atom. The van der Waals surface area contributed by atoms with Gasteiger partial charge in [0.25, 0.3) is 0 Å². The summed E-state index contributed by atoms with van der Waals surface area (Å²) in [7, 11) is 0. The van der Waals surface area contributed by atoms with Crippen LogP contribution in [0.2, 0.25) is 0 Å². The lowest BCUT2D eigenvalue weighted by molar-refractivity contribution is -0.150. The zero-order valence-electron chi connectivity index (χ0n) is 32.7. The van der Waals surface area contributed by atoms with E-state index in [9.17, 15) is 9.59 Å². The molecule has 1 unspecified atom stereocenters. The van der Waals surface area contributed by atoms with Crippen LogP contribution in [-0.2, 0) is 14.3 Å². The molecule has 0 aromatic carbocycles. The first kappa shape index (κ1) is 47.4. The second-order valence-corrected chi connectivity index (χ2v) is 13.8. The number of ether oxygens (including phenoxy) is 1. The van der Waals surface area contributed by atoms with E-state index in [0.717, 1.165) is 103 Å². The third-order valence-electron chi connectivity index (χ3n) is 8.91. The summed E-state index contributed by atoms with van der Waals surface area (Å²) in [5.41, 5.74) is 0. The van der Waals surface area contributed by atoms with Gasteiger partial charge in [0.05, 0.1) is 0 Å². The Labute approximate surface area is 309 Å². The molecule has 0 rings (SSSR count). The van der Waals surface area contributed by atoms with Crippen LogP contribution in [0.4, 0.5) is 0 Å². The van der Waals surface area contributed by atoms with Gasteiger partial charge in [0.1, 0.15) is 6.10 Å². The number of allylic oxidation sites excluding steroid dienone is 12. The minimum atomic E-state index is -0.710. The molecule has 0 aromatic heterocycles. The van der Waals surface area contributed by atoms with Crippen LogP contribution in [0.5, 0.6) is 0 Å². The molecule has 0 aliphatic rings. The van der Waals surface area contributed by atoms with Gasteiger partial charge in [-0.3, -0.25) is 9.59 Å². The van der Waals surface area contributed by atoms with Crippen molar-refractivity contribution < 1.29 is 19.4 Å². The van der Waals surface area contributed by atoms with Crippen molar-refractivity contribution >= 4 is 11.9 Å². The molecule has 4 heteroatoms. The van der Waals surface area contributed by atoms with Gasteiger partial charge in [-0.1, -0.05) is 157 Å². The maximum absolute atomic E-state index is 12.7. The van der Waals surface area contributed by atoms with Crippen LogP contribution in [-0.4, -0.2) is 23.1 Å². The number of carbonyl (C=O) groups excluding carboxylic acids is 1. The third-order valence-corrected chi connectivity index (χ3v) is 8.91. The summed E-state index contributed by atoms with van der Waals surface area (Å²) in [5, 5.41) is 8.82. The standard InChI is InChI=1S/C46H78O4/c1-3-5-7-9-11-13-15-16-17-18-19-20-21-22-23-24-26-28-30-35-39-43-46(49)50-44(41-37-33-31-34-38-42-45(47)48)40-36-32-29-27-25-14-12-10-8-6-4-2/h5,7,11-14,16-17,19-20,27,29,44H,3-4,6,8-10,15,18,21-26,28,30-43H2,1-2H3,(H,47,48)/b7-5-,13-11-,14-12-,17-16-,20-19-,29-27-. The number of hydrogen-bond acceptors (Lipinski definition) is 3. The zero-order valence-corrected chi connectivity index (χ0v) is 32.7. The molecule has 1 atom stereocenters. The van der Waals surface area contributed by atoms with Gasteiger partial charge >= 0.3 is 11.9 Å². The smallest absolute Gasteiger partial charge is 0.306 e. The van der Waals surface area contributed by atoms with Crippen molar-refractivity contribution in [1.29, 1.82) is 0 Å². The van der Waals surface area contributed by atoms with Gasteiger partial charge in [-0.2, -0.15) is 0 Å². The van der Waals surface area contributed by atoms with Crippen molar-refractivity contribution in [1.82, 2.24) is 0 Å². The molecule has 0 saturated heterocycles. The second kappa shape index (κ2) is 40.8. The average Bonchev–Trinajstić information content (AvgIpc) is 3.10. The summed E-state index contributed by atoms with van der Waals surface area (Å²) in [4.78, 5) is 23.4. The van der Waals surface area contributed by atoms with Crippen molar-refractivity contribution in [3.63, 3.8) is 0 Å². The highest BCUT2D eigenvalue weighted by Gasteiger charge is 2.14. The average molecular weight is 695 g/mol. The third kappa shape index (κ3) is 39.8. The number of carboxylic acid groups (broad SMARTS) is 1. The molecule has 0 spiro atoms. The van der Waals surface area contributed by atoms with E-state index in [1.165, 1.54) is 70.6 Å². The molecule has 0 fully saturated rings. The molecule has 0 saturated carbocycles. The van der Waals surface area contributed by atoms with E-state index in [1.54, 1.807) is 0 Å². The van der Waals surface area contributed by atoms with Crippen molar-refractivity contribution in [3.05, 3.63) is 72.9 Å². The molecule has 0 aliphatic carbocycles. The summed E-state index contributed by atoms with van der Waals surface area (Å²) in [5.74, 6) is -0.741. The molecule has 50 heavy (non-hydrogen) atoms. The van der Waals surface area contributed by atoms with Crippen molar-refractivity contribution in [2.24, 2.45) is 0 Å². The Bertz CT molecular complexity index is 922. The van der Waals surface area contributed by atoms with E-state index in [2.05, 4.69) is 86.8 Å². The van der Waals surface area contributed by atoms with Gasteiger partial charge < -0.3 is 9.84 Å². The van der Waals surface area contributed by atoms with Crippen LogP contribution in [0.3, 0.4) is 0 Å². The highest BCUT2D eigenvalue weighted by atomic mass is 16.5. The van der Waals surface area contributed by atoms with Crippen LogP contribution in [0.25, 0.3) is 0 Å². The fourth-order valence-corrected chi connectivity index (χ4v) is 5.86. The molecule has 0 bridgehead atoms. The minimum absolute atomic E-state index is 0.00469. The number of rotatable bonds is 37. The van der Waals surface area contributed by atoms with Gasteiger partial charge in [0.2, 0.25) is 0 Å². The highest BCUT2D eigenvalue weighted by molar-refractivity contribution is 5.69. The first-order chi connectivity index (χ1) is 24.6. The summed E-state index contributed by atoms with van der Waals surface area (Å²) in [6.07, 6.45) is 57.8. The number of unbranched alkanes of at least 4 members (excludes halogenated alkanes) is 16. The Morgan fingerprint density at radius 1 is 0.460 bits per heavy atom. The Balaban J connectivity index is 4.04. The second-order valence-electron chi connectivity index (χ2n) is 13.8. The van der Waals surface area contributed by atoms with Crippen LogP contribution in [0, 0.1) is 0 Å². The first-order valence-corrected chi connectivity index (χ1v) is 20.9. The molecule has 1 N–H and O–H groups in total. The van der Waals surface area contributed by atoms with E-state index in [1.807, 2.05) is 0 Å². The van der Waals surface area contributed by atoms with E-state index < -0.39 is 5.97 Å². The molecule has 286 valence electrons. The fraction of sp³-hybridized carbons (Fsp3) is 0.696. The van der Waals surface area contributed by atoms with Crippen LogP contribution in [0.1, 0.15) is 200 Å². The van der Waals surface area contributed by atoms with E-state index in [-0.39, 0.29) is 18.5 Å². The van der Waals surface area contributed by atoms with Crippen molar-refractivity contribution in [2.45, 2.75) is 206 Å². The van der Waals surface area contributed by atoms with Gasteiger partial charge in [-0.25, -0.2) is 0 Å². The molecule has 0 amide bonds. The Kier molecular flexibility index (Phi) is 38.7. The zero-order chi connectivity index (χ0) is 36.4. The summed E-state index contributed by atoms with van der Waals surface area (Å²) >= 11 is 0. The fourth-order valence-electron chi connectivity index (χ4n) is 5.86. The maximum Gasteiger partial charge on any atom is 0.306 e. The van der Waals surface area contributed by atoms with Crippen molar-refractivity contribution in [3.8, 4) is 0 Å². The van der Waals surface area contributed by atoms with Gasteiger partial charge in [-0.05, 0) is 103 Å². The lowest BCUT2D eigenvalue weighted by Gasteiger charge is -2.18. The predicted octanol–water partition coefficient (Wildman–Crippen LogP) is 14.7. The lowest BCUT2D eigenvalue weighted by atomic mass is 10.0. The monoisotopic (exact) mass is 695 g/mol. The summed E-state index contributed by atoms with van der Waals surface area (Å²) in [6, 6.07) is 0. The Morgan fingerprint density at radius 3 is 1.38 bits per heavy atom. The maximum atomic E-state index is 12.7. The molecule has 0 aromatic rings. The number of hydrogen-bond donors (Lipinski definition) is 1. The summed E-state index contributed by atoms with van der Waals surface area (Å²) < 4.78 is 5.98. The molecule has 4 nitrogen and oxygen atoms in total. The highest BCUT2D eigenvalue weighted by Crippen LogP contribution is 2.18. The molecule has 0 radical (unpaired) electrons. The SMILES string of the molecule is CC/C=C\C/C=C\C/C=C\C/C=C\CCCCCCCCCCC(=O)OC(CCC/C=C\C/C=C\CCCCC)CCCCCCCC(=O)O. The quantitative estimate of drug-likeness (QED) is 0.0399. The van der Waals surface area contributed by atoms with Gasteiger partial charge in [-0.15, -0.1) is 0 Å². The minimum Gasteiger partial charge on any atom is -0.481 e. The number of carboxylic acids is 1. The van der Waals surface area contributed by atoms with Gasteiger partial charge in [0, 0.05) is 12.8 Å². The van der Waals surface area contributed by atoms with E-state index >= 15 is 0 Å². The molecule has 0 aliphatic heterocycles. The first-order valence-electron chi connectivity index (χ1n) is 20.9. The van der Waals surface area contributed by atoms with Crippen LogP contribution in [0.15, 0.2) is 72.9 Å². The predicted molar refractivity (Wildman–Crippen MR) is 218 cm³/mol. The van der Waals surface area contributed by atoms with Crippen molar-refractivity contribution in [2.75, 3.05) is 0 Å². The molecular weight excluding hydrogens is 617 g/mol. The topological polar surface area (TPSA) is 63.6 Å². The van der Waals surface area contributed by atoms with Crippen LogP contribution >= 0.6 is 0 Å². The molecule has 0 heterocycles. The van der Waals surface area contributed by atoms with Gasteiger partial charge in [0.15, 0.2) is 0 Å². The number of esters is 1. The number of carbonyl (C=O) groups is 2. The van der Waals surface area contributed by atoms with E-state index in [4.69, 9.17) is 9.84 Å².